The van der Waals surface area contributed by atoms with E-state index in [9.17, 15) is 8.42 Å². The van der Waals surface area contributed by atoms with Gasteiger partial charge in [0, 0.05) is 17.1 Å². The molecular formula is C23H29N5O3S. The summed E-state index contributed by atoms with van der Waals surface area (Å²) in [5.41, 5.74) is 1.68. The Balaban J connectivity index is 1.53. The average molecular weight is 456 g/mol. The zero-order chi connectivity index (χ0) is 22.6. The number of benzene rings is 2. The van der Waals surface area contributed by atoms with Crippen molar-refractivity contribution in [1.29, 1.82) is 0 Å². The molecule has 3 aromatic rings. The molecule has 4 N–H and O–H groups in total. The highest BCUT2D eigenvalue weighted by atomic mass is 32.2. The summed E-state index contributed by atoms with van der Waals surface area (Å²) in [6, 6.07) is 15.9. The van der Waals surface area contributed by atoms with Crippen LogP contribution < -0.4 is 20.5 Å². The quantitative estimate of drug-likeness (QED) is 0.469. The Morgan fingerprint density at radius 2 is 1.78 bits per heavy atom. The van der Waals surface area contributed by atoms with Gasteiger partial charge < -0.3 is 15.4 Å². The molecule has 0 spiro atoms. The van der Waals surface area contributed by atoms with E-state index in [-0.39, 0.29) is 11.8 Å². The highest BCUT2D eigenvalue weighted by Crippen LogP contribution is 2.33. The molecule has 9 heteroatoms. The van der Waals surface area contributed by atoms with E-state index in [1.54, 1.807) is 7.11 Å². The van der Waals surface area contributed by atoms with Crippen LogP contribution in [0.15, 0.2) is 48.5 Å². The zero-order valence-electron chi connectivity index (χ0n) is 18.1. The number of hydrogen-bond acceptors (Lipinski definition) is 7. The number of para-hydroxylation sites is 2. The smallest absolute Gasteiger partial charge is 0.225 e. The molecule has 0 bridgehead atoms. The number of aromatic nitrogens is 2. The third kappa shape index (κ3) is 5.66. The van der Waals surface area contributed by atoms with Gasteiger partial charge in [0.15, 0.2) is 0 Å². The second-order valence-corrected chi connectivity index (χ2v) is 9.99. The summed E-state index contributed by atoms with van der Waals surface area (Å²) in [5, 5.41) is 12.9. The van der Waals surface area contributed by atoms with Gasteiger partial charge in [-0.2, -0.15) is 4.98 Å². The molecule has 4 rings (SSSR count). The van der Waals surface area contributed by atoms with E-state index in [4.69, 9.17) is 19.8 Å². The van der Waals surface area contributed by atoms with E-state index in [1.165, 1.54) is 0 Å². The second kappa shape index (κ2) is 9.70. The molecule has 0 radical (unpaired) electrons. The number of primary sulfonamides is 1. The monoisotopic (exact) mass is 455 g/mol. The zero-order valence-corrected chi connectivity index (χ0v) is 18.9. The molecule has 1 heterocycles. The maximum absolute atomic E-state index is 11.2. The standard InChI is InChI=1S/C23H29N5O3S/c1-31-20-9-5-8-19-21(20)27-23(28-22(19)25-17-6-3-2-4-7-17)26-18-12-10-16(11-13-18)14-15-32(24,29)30/h2-9,16,18H,10-15H2,1H3,(H2,24,29,30)(H2,25,26,27,28). The van der Waals surface area contributed by atoms with Gasteiger partial charge in [0.25, 0.3) is 0 Å². The van der Waals surface area contributed by atoms with E-state index in [1.807, 2.05) is 48.5 Å². The second-order valence-electron chi connectivity index (χ2n) is 8.26. The van der Waals surface area contributed by atoms with Crippen molar-refractivity contribution >= 4 is 38.4 Å². The van der Waals surface area contributed by atoms with Crippen LogP contribution in [-0.4, -0.2) is 37.3 Å². The molecule has 8 nitrogen and oxygen atoms in total. The van der Waals surface area contributed by atoms with Crippen molar-refractivity contribution in [3.8, 4) is 5.75 Å². The molecule has 1 fully saturated rings. The van der Waals surface area contributed by atoms with Gasteiger partial charge in [0.05, 0.1) is 12.9 Å². The van der Waals surface area contributed by atoms with Crippen molar-refractivity contribution in [2.45, 2.75) is 38.1 Å². The first kappa shape index (κ1) is 22.3. The first-order chi connectivity index (χ1) is 15.4. The maximum Gasteiger partial charge on any atom is 0.225 e. The normalized spacial score (nSPS) is 18.9. The van der Waals surface area contributed by atoms with Gasteiger partial charge in [-0.1, -0.05) is 24.3 Å². The van der Waals surface area contributed by atoms with Crippen LogP contribution in [-0.2, 0) is 10.0 Å². The van der Waals surface area contributed by atoms with Gasteiger partial charge in [-0.05, 0) is 62.3 Å². The Morgan fingerprint density at radius 3 is 2.47 bits per heavy atom. The van der Waals surface area contributed by atoms with Crippen molar-refractivity contribution in [2.24, 2.45) is 11.1 Å². The van der Waals surface area contributed by atoms with Crippen molar-refractivity contribution in [2.75, 3.05) is 23.5 Å². The number of nitrogens with zero attached hydrogens (tertiary/aromatic N) is 2. The molecule has 0 atom stereocenters. The summed E-state index contributed by atoms with van der Waals surface area (Å²) >= 11 is 0. The largest absolute Gasteiger partial charge is 0.494 e. The van der Waals surface area contributed by atoms with Gasteiger partial charge in [0.1, 0.15) is 17.1 Å². The lowest BCUT2D eigenvalue weighted by Gasteiger charge is -2.29. The number of fused-ring (bicyclic) bond motifs is 1. The van der Waals surface area contributed by atoms with E-state index in [0.717, 1.165) is 42.3 Å². The molecule has 170 valence electrons. The Labute approximate surface area is 188 Å². The number of anilines is 3. The van der Waals surface area contributed by atoms with Crippen molar-refractivity contribution < 1.29 is 13.2 Å². The van der Waals surface area contributed by atoms with E-state index in [0.29, 0.717) is 29.9 Å². The Morgan fingerprint density at radius 1 is 1.03 bits per heavy atom. The fourth-order valence-corrected chi connectivity index (χ4v) is 4.88. The molecule has 0 unspecified atom stereocenters. The van der Waals surface area contributed by atoms with E-state index >= 15 is 0 Å². The van der Waals surface area contributed by atoms with Gasteiger partial charge in [-0.25, -0.2) is 18.5 Å². The van der Waals surface area contributed by atoms with Crippen molar-refractivity contribution in [3.05, 3.63) is 48.5 Å². The summed E-state index contributed by atoms with van der Waals surface area (Å²) in [6.45, 7) is 0. The Hall–Kier alpha value is -2.91. The fourth-order valence-electron chi connectivity index (χ4n) is 4.22. The Bertz CT molecular complexity index is 1160. The topological polar surface area (TPSA) is 119 Å². The van der Waals surface area contributed by atoms with E-state index < -0.39 is 10.0 Å². The third-order valence-corrected chi connectivity index (χ3v) is 6.74. The van der Waals surface area contributed by atoms with Crippen LogP contribution in [0.4, 0.5) is 17.5 Å². The van der Waals surface area contributed by atoms with Crippen LogP contribution in [0, 0.1) is 5.92 Å². The van der Waals surface area contributed by atoms with Gasteiger partial charge in [-0.15, -0.1) is 0 Å². The highest BCUT2D eigenvalue weighted by Gasteiger charge is 2.23. The van der Waals surface area contributed by atoms with Crippen LogP contribution in [0.5, 0.6) is 5.75 Å². The summed E-state index contributed by atoms with van der Waals surface area (Å²) in [7, 11) is -1.76. The fraction of sp³-hybridized carbons (Fsp3) is 0.391. The minimum atomic E-state index is -3.40. The van der Waals surface area contributed by atoms with Crippen LogP contribution in [0.1, 0.15) is 32.1 Å². The van der Waals surface area contributed by atoms with Crippen LogP contribution >= 0.6 is 0 Å². The summed E-state index contributed by atoms with van der Waals surface area (Å²) in [4.78, 5) is 9.52. The molecule has 32 heavy (non-hydrogen) atoms. The lowest BCUT2D eigenvalue weighted by Crippen LogP contribution is -2.28. The molecular weight excluding hydrogens is 426 g/mol. The number of ether oxygens (including phenoxy) is 1. The number of sulfonamides is 1. The molecule has 1 saturated carbocycles. The van der Waals surface area contributed by atoms with Crippen LogP contribution in [0.25, 0.3) is 10.9 Å². The lowest BCUT2D eigenvalue weighted by molar-refractivity contribution is 0.330. The number of nitrogens with two attached hydrogens (primary N) is 1. The average Bonchev–Trinajstić information content (AvgIpc) is 2.78. The number of hydrogen-bond donors (Lipinski definition) is 3. The van der Waals surface area contributed by atoms with Gasteiger partial charge >= 0.3 is 0 Å². The Kier molecular flexibility index (Phi) is 6.76. The molecule has 1 aromatic heterocycles. The summed E-state index contributed by atoms with van der Waals surface area (Å²) < 4.78 is 28.0. The number of methoxy groups -OCH3 is 1. The molecule has 0 amide bonds. The van der Waals surface area contributed by atoms with E-state index in [2.05, 4.69) is 10.6 Å². The predicted molar refractivity (Wildman–Crippen MR) is 128 cm³/mol. The van der Waals surface area contributed by atoms with Crippen LogP contribution in [0.2, 0.25) is 0 Å². The molecule has 2 aromatic carbocycles. The van der Waals surface area contributed by atoms with Crippen molar-refractivity contribution in [3.63, 3.8) is 0 Å². The molecule has 1 aliphatic carbocycles. The van der Waals surface area contributed by atoms with Gasteiger partial charge in [-0.3, -0.25) is 0 Å². The van der Waals surface area contributed by atoms with Crippen molar-refractivity contribution in [1.82, 2.24) is 9.97 Å². The summed E-state index contributed by atoms with van der Waals surface area (Å²) in [6.07, 6.45) is 4.41. The highest BCUT2D eigenvalue weighted by molar-refractivity contribution is 7.89. The van der Waals surface area contributed by atoms with Crippen LogP contribution in [0.3, 0.4) is 0 Å². The first-order valence-electron chi connectivity index (χ1n) is 10.8. The molecule has 0 aliphatic heterocycles. The third-order valence-electron chi connectivity index (χ3n) is 5.94. The lowest BCUT2D eigenvalue weighted by atomic mass is 9.84. The first-order valence-corrected chi connectivity index (χ1v) is 12.6. The summed E-state index contributed by atoms with van der Waals surface area (Å²) in [5.74, 6) is 2.39. The SMILES string of the molecule is COc1cccc2c(Nc3ccccc3)nc(NC3CCC(CCS(N)(=O)=O)CC3)nc12. The van der Waals surface area contributed by atoms with Gasteiger partial charge in [0.2, 0.25) is 16.0 Å². The molecule has 1 aliphatic rings. The molecule has 0 saturated heterocycles. The minimum absolute atomic E-state index is 0.0534. The predicted octanol–water partition coefficient (Wildman–Crippen LogP) is 4.03. The number of rotatable bonds is 8. The maximum atomic E-state index is 11.2. The minimum Gasteiger partial charge on any atom is -0.494 e. The number of nitrogens with one attached hydrogen (secondary N) is 2.